The van der Waals surface area contributed by atoms with Gasteiger partial charge in [-0.1, -0.05) is 26.0 Å². The number of fused-ring (bicyclic) bond motifs is 1. The van der Waals surface area contributed by atoms with Crippen molar-refractivity contribution in [3.05, 3.63) is 53.1 Å². The average Bonchev–Trinajstić information content (AvgIpc) is 2.90. The Morgan fingerprint density at radius 2 is 1.88 bits per heavy atom. The van der Waals surface area contributed by atoms with Crippen LogP contribution in [-0.4, -0.2) is 26.3 Å². The van der Waals surface area contributed by atoms with Gasteiger partial charge < -0.3 is 10.6 Å². The van der Waals surface area contributed by atoms with Gasteiger partial charge in [0, 0.05) is 17.8 Å². The lowest BCUT2D eigenvalue weighted by Gasteiger charge is -2.21. The minimum absolute atomic E-state index is 0.0717. The van der Waals surface area contributed by atoms with E-state index in [4.69, 9.17) is 0 Å². The normalized spacial score (nSPS) is 15.0. The van der Waals surface area contributed by atoms with Crippen LogP contribution in [-0.2, 0) is 26.0 Å². The molecular formula is C24H31N3O4S. The molecule has 0 saturated carbocycles. The quantitative estimate of drug-likeness (QED) is 0.586. The Morgan fingerprint density at radius 3 is 2.59 bits per heavy atom. The van der Waals surface area contributed by atoms with Crippen molar-refractivity contribution in [2.45, 2.75) is 64.3 Å². The molecule has 7 nitrogen and oxygen atoms in total. The number of benzene rings is 2. The molecule has 1 aliphatic heterocycles. The van der Waals surface area contributed by atoms with Crippen molar-refractivity contribution in [1.29, 1.82) is 0 Å². The zero-order chi connectivity index (χ0) is 23.5. The summed E-state index contributed by atoms with van der Waals surface area (Å²) in [6, 6.07) is 9.36. The third-order valence-electron chi connectivity index (χ3n) is 5.69. The topological polar surface area (TPSA) is 104 Å². The molecule has 3 rings (SSSR count). The summed E-state index contributed by atoms with van der Waals surface area (Å²) in [6.45, 7) is 7.76. The predicted octanol–water partition coefficient (Wildman–Crippen LogP) is 3.91. The van der Waals surface area contributed by atoms with Gasteiger partial charge in [0.2, 0.25) is 21.8 Å². The number of rotatable bonds is 7. The Bertz CT molecular complexity index is 1130. The van der Waals surface area contributed by atoms with E-state index in [-0.39, 0.29) is 16.7 Å². The Labute approximate surface area is 190 Å². The summed E-state index contributed by atoms with van der Waals surface area (Å²) in [7, 11) is -3.94. The molecule has 2 amide bonds. The Balaban J connectivity index is 1.84. The van der Waals surface area contributed by atoms with Gasteiger partial charge in [0.15, 0.2) is 0 Å². The Kier molecular flexibility index (Phi) is 7.36. The molecule has 0 fully saturated rings. The second kappa shape index (κ2) is 9.83. The van der Waals surface area contributed by atoms with E-state index in [1.54, 1.807) is 12.1 Å². The molecule has 172 valence electrons. The molecular weight excluding hydrogens is 426 g/mol. The first-order chi connectivity index (χ1) is 15.1. The van der Waals surface area contributed by atoms with Crippen LogP contribution in [0.4, 0.5) is 11.4 Å². The third kappa shape index (κ3) is 5.75. The number of nitrogens with one attached hydrogen (secondary N) is 3. The number of carbonyl (C=O) groups excluding carboxylic acids is 2. The molecule has 0 bridgehead atoms. The maximum absolute atomic E-state index is 13.2. The van der Waals surface area contributed by atoms with Crippen LogP contribution in [0.25, 0.3) is 0 Å². The molecule has 8 heteroatoms. The van der Waals surface area contributed by atoms with Crippen LogP contribution >= 0.6 is 0 Å². The minimum atomic E-state index is -3.94. The summed E-state index contributed by atoms with van der Waals surface area (Å²) < 4.78 is 28.9. The summed E-state index contributed by atoms with van der Waals surface area (Å²) in [5, 5.41) is 5.69. The maximum atomic E-state index is 13.2. The Hall–Kier alpha value is -2.71. The number of amides is 2. The van der Waals surface area contributed by atoms with Gasteiger partial charge in [-0.2, -0.15) is 4.72 Å². The molecule has 32 heavy (non-hydrogen) atoms. The Morgan fingerprint density at radius 1 is 1.12 bits per heavy atom. The highest BCUT2D eigenvalue weighted by molar-refractivity contribution is 7.89. The van der Waals surface area contributed by atoms with Crippen molar-refractivity contribution >= 4 is 33.2 Å². The molecule has 1 atom stereocenters. The maximum Gasteiger partial charge on any atom is 0.242 e. The minimum Gasteiger partial charge on any atom is -0.326 e. The van der Waals surface area contributed by atoms with Gasteiger partial charge in [0.1, 0.15) is 6.04 Å². The van der Waals surface area contributed by atoms with Gasteiger partial charge in [-0.05, 0) is 80.0 Å². The first-order valence-corrected chi connectivity index (χ1v) is 12.4. The highest BCUT2D eigenvalue weighted by Gasteiger charge is 2.28. The van der Waals surface area contributed by atoms with Gasteiger partial charge in [0.05, 0.1) is 4.90 Å². The van der Waals surface area contributed by atoms with Gasteiger partial charge >= 0.3 is 0 Å². The molecule has 0 saturated heterocycles. The van der Waals surface area contributed by atoms with Gasteiger partial charge in [-0.3, -0.25) is 9.59 Å². The van der Waals surface area contributed by atoms with E-state index in [0.29, 0.717) is 37.1 Å². The van der Waals surface area contributed by atoms with Crippen molar-refractivity contribution < 1.29 is 18.0 Å². The zero-order valence-corrected chi connectivity index (χ0v) is 19.8. The van der Waals surface area contributed by atoms with E-state index in [1.807, 2.05) is 45.9 Å². The smallest absolute Gasteiger partial charge is 0.242 e. The van der Waals surface area contributed by atoms with Crippen molar-refractivity contribution in [1.82, 2.24) is 4.72 Å². The van der Waals surface area contributed by atoms with Crippen molar-refractivity contribution in [2.24, 2.45) is 5.92 Å². The SMILES string of the molecule is Cc1cccc(NC(=O)C(CC(C)C)NS(=O)(=O)c2ccc3c(c2)CCCC(=O)N3)c1C. The number of sulfonamides is 1. The predicted molar refractivity (Wildman–Crippen MR) is 126 cm³/mol. The molecule has 0 aliphatic carbocycles. The molecule has 0 spiro atoms. The summed E-state index contributed by atoms with van der Waals surface area (Å²) >= 11 is 0. The fourth-order valence-corrected chi connectivity index (χ4v) is 5.02. The lowest BCUT2D eigenvalue weighted by atomic mass is 10.0. The number of carbonyl (C=O) groups is 2. The second-order valence-corrected chi connectivity index (χ2v) is 10.5. The van der Waals surface area contributed by atoms with Crippen molar-refractivity contribution in [3.63, 3.8) is 0 Å². The second-order valence-electron chi connectivity index (χ2n) is 8.76. The number of hydrogen-bond donors (Lipinski definition) is 3. The highest BCUT2D eigenvalue weighted by Crippen LogP contribution is 2.26. The summed E-state index contributed by atoms with van der Waals surface area (Å²) in [5.74, 6) is -0.357. The lowest BCUT2D eigenvalue weighted by Crippen LogP contribution is -2.44. The van der Waals surface area contributed by atoms with E-state index in [0.717, 1.165) is 16.7 Å². The largest absolute Gasteiger partial charge is 0.326 e. The molecule has 3 N–H and O–H groups in total. The first kappa shape index (κ1) is 23.9. The number of anilines is 2. The van der Waals surface area contributed by atoms with Gasteiger partial charge in [0.25, 0.3) is 0 Å². The monoisotopic (exact) mass is 457 g/mol. The van der Waals surface area contributed by atoms with Crippen LogP contribution < -0.4 is 15.4 Å². The standard InChI is InChI=1S/C24H31N3O4S/c1-15(2)13-22(24(29)26-20-9-5-7-16(3)17(20)4)27-32(30,31)19-11-12-21-18(14-19)8-6-10-23(28)25-21/h5,7,9,11-12,14-15,22,27H,6,8,10,13H2,1-4H3,(H,25,28)(H,26,29). The van der Waals surface area contributed by atoms with Crippen LogP contribution in [0.5, 0.6) is 0 Å². The van der Waals surface area contributed by atoms with E-state index in [1.165, 1.54) is 6.07 Å². The number of hydrogen-bond acceptors (Lipinski definition) is 4. The van der Waals surface area contributed by atoms with E-state index in [2.05, 4.69) is 15.4 Å². The van der Waals surface area contributed by atoms with Crippen LogP contribution in [0.3, 0.4) is 0 Å². The molecule has 2 aromatic rings. The average molecular weight is 458 g/mol. The molecule has 0 aromatic heterocycles. The third-order valence-corrected chi connectivity index (χ3v) is 7.16. The van der Waals surface area contributed by atoms with Crippen molar-refractivity contribution in [3.8, 4) is 0 Å². The van der Waals surface area contributed by atoms with E-state index < -0.39 is 22.0 Å². The molecule has 1 aliphatic rings. The fourth-order valence-electron chi connectivity index (χ4n) is 3.76. The molecule has 2 aromatic carbocycles. The number of aryl methyl sites for hydroxylation is 2. The fraction of sp³-hybridized carbons (Fsp3) is 0.417. The summed E-state index contributed by atoms with van der Waals surface area (Å²) in [4.78, 5) is 24.9. The highest BCUT2D eigenvalue weighted by atomic mass is 32.2. The molecule has 0 radical (unpaired) electrons. The first-order valence-electron chi connectivity index (χ1n) is 10.9. The van der Waals surface area contributed by atoms with Crippen LogP contribution in [0.2, 0.25) is 0 Å². The molecule has 1 unspecified atom stereocenters. The van der Waals surface area contributed by atoms with Crippen molar-refractivity contribution in [2.75, 3.05) is 10.6 Å². The summed E-state index contributed by atoms with van der Waals surface area (Å²) in [6.07, 6.45) is 2.03. The van der Waals surface area contributed by atoms with Gasteiger partial charge in [-0.15, -0.1) is 0 Å². The zero-order valence-electron chi connectivity index (χ0n) is 19.0. The van der Waals surface area contributed by atoms with Crippen LogP contribution in [0, 0.1) is 19.8 Å². The van der Waals surface area contributed by atoms with E-state index in [9.17, 15) is 18.0 Å². The van der Waals surface area contributed by atoms with Crippen LogP contribution in [0.15, 0.2) is 41.3 Å². The summed E-state index contributed by atoms with van der Waals surface area (Å²) in [5.41, 5.74) is 4.07. The lowest BCUT2D eigenvalue weighted by molar-refractivity contribution is -0.118. The van der Waals surface area contributed by atoms with E-state index >= 15 is 0 Å². The van der Waals surface area contributed by atoms with Gasteiger partial charge in [-0.25, -0.2) is 8.42 Å². The molecule has 1 heterocycles. The van der Waals surface area contributed by atoms with Crippen LogP contribution in [0.1, 0.15) is 49.8 Å².